The Bertz CT molecular complexity index is 1470. The van der Waals surface area contributed by atoms with E-state index in [0.717, 1.165) is 45.4 Å². The lowest BCUT2D eigenvalue weighted by Gasteiger charge is -2.17. The molecule has 35 heavy (non-hydrogen) atoms. The molecule has 176 valence electrons. The van der Waals surface area contributed by atoms with Crippen molar-refractivity contribution < 1.29 is 9.53 Å². The molecule has 0 aliphatic carbocycles. The van der Waals surface area contributed by atoms with E-state index >= 15 is 0 Å². The molecule has 5 nitrogen and oxygen atoms in total. The van der Waals surface area contributed by atoms with Gasteiger partial charge in [-0.05, 0) is 61.2 Å². The molecule has 5 rings (SSSR count). The minimum absolute atomic E-state index is 0.122. The van der Waals surface area contributed by atoms with Gasteiger partial charge in [-0.25, -0.2) is 4.98 Å². The summed E-state index contributed by atoms with van der Waals surface area (Å²) in [4.78, 5) is 17.7. The van der Waals surface area contributed by atoms with Gasteiger partial charge in [-0.3, -0.25) is 4.79 Å². The van der Waals surface area contributed by atoms with E-state index in [4.69, 9.17) is 9.72 Å². The molecule has 0 fully saturated rings. The fourth-order valence-corrected chi connectivity index (χ4v) is 4.60. The standard InChI is InChI=1S/C29H26BrN3O2/c1-20(31-29(34)22-14-16-23(30)17-15-22)28-32-25-11-4-5-12-26(25)33(28)18-7-19-35-27-13-6-9-21-8-2-3-10-24(21)27/h2-6,8-17,20H,7,18-19H2,1H3,(H,31,34). The summed E-state index contributed by atoms with van der Waals surface area (Å²) in [5, 5.41) is 5.39. The van der Waals surface area contributed by atoms with Crippen LogP contribution < -0.4 is 10.1 Å². The van der Waals surface area contributed by atoms with Crippen molar-refractivity contribution in [2.45, 2.75) is 25.9 Å². The van der Waals surface area contributed by atoms with Crippen LogP contribution in [0.2, 0.25) is 0 Å². The van der Waals surface area contributed by atoms with Gasteiger partial charge >= 0.3 is 0 Å². The van der Waals surface area contributed by atoms with E-state index in [2.05, 4.69) is 50.1 Å². The van der Waals surface area contributed by atoms with Gasteiger partial charge in [-0.2, -0.15) is 0 Å². The number of halogens is 1. The Morgan fingerprint density at radius 2 is 1.71 bits per heavy atom. The molecule has 6 heteroatoms. The van der Waals surface area contributed by atoms with Crippen LogP contribution in [0.15, 0.2) is 95.5 Å². The molecule has 1 N–H and O–H groups in total. The quantitative estimate of drug-likeness (QED) is 0.223. The number of carbonyl (C=O) groups excluding carboxylic acids is 1. The molecule has 0 saturated heterocycles. The van der Waals surface area contributed by atoms with Crippen LogP contribution in [0.25, 0.3) is 21.8 Å². The first kappa shape index (κ1) is 23.1. The lowest BCUT2D eigenvalue weighted by atomic mass is 10.1. The van der Waals surface area contributed by atoms with E-state index in [1.165, 1.54) is 5.39 Å². The molecule has 0 saturated carbocycles. The molecule has 1 amide bonds. The van der Waals surface area contributed by atoms with Crippen LogP contribution in [-0.2, 0) is 6.54 Å². The highest BCUT2D eigenvalue weighted by Crippen LogP contribution is 2.26. The van der Waals surface area contributed by atoms with Gasteiger partial charge < -0.3 is 14.6 Å². The smallest absolute Gasteiger partial charge is 0.251 e. The van der Waals surface area contributed by atoms with Crippen molar-refractivity contribution in [2.75, 3.05) is 6.61 Å². The van der Waals surface area contributed by atoms with Gasteiger partial charge in [0.2, 0.25) is 0 Å². The third-order valence-corrected chi connectivity index (χ3v) is 6.59. The second-order valence-corrected chi connectivity index (χ2v) is 9.41. The zero-order valence-corrected chi connectivity index (χ0v) is 21.0. The van der Waals surface area contributed by atoms with Crippen molar-refractivity contribution in [2.24, 2.45) is 0 Å². The fourth-order valence-electron chi connectivity index (χ4n) is 4.33. The summed E-state index contributed by atoms with van der Waals surface area (Å²) in [6.45, 7) is 3.29. The molecule has 1 unspecified atom stereocenters. The van der Waals surface area contributed by atoms with Gasteiger partial charge in [0, 0.05) is 22.0 Å². The number of imidazole rings is 1. The van der Waals surface area contributed by atoms with Crippen molar-refractivity contribution in [3.05, 3.63) is 107 Å². The van der Waals surface area contributed by atoms with E-state index < -0.39 is 0 Å². The number of amides is 1. The van der Waals surface area contributed by atoms with Gasteiger partial charge in [0.1, 0.15) is 11.6 Å². The number of ether oxygens (including phenoxy) is 1. The largest absolute Gasteiger partial charge is 0.493 e. The minimum Gasteiger partial charge on any atom is -0.493 e. The number of nitrogens with zero attached hydrogens (tertiary/aromatic N) is 2. The number of hydrogen-bond donors (Lipinski definition) is 1. The normalized spacial score (nSPS) is 12.1. The Hall–Kier alpha value is -3.64. The van der Waals surface area contributed by atoms with Crippen molar-refractivity contribution in [1.82, 2.24) is 14.9 Å². The molecule has 1 aromatic heterocycles. The monoisotopic (exact) mass is 527 g/mol. The van der Waals surface area contributed by atoms with E-state index in [1.807, 2.05) is 61.5 Å². The van der Waals surface area contributed by atoms with E-state index in [0.29, 0.717) is 12.2 Å². The second-order valence-electron chi connectivity index (χ2n) is 8.49. The Morgan fingerprint density at radius 3 is 2.57 bits per heavy atom. The second kappa shape index (κ2) is 10.3. The molecule has 0 aliphatic rings. The van der Waals surface area contributed by atoms with Crippen LogP contribution in [0.5, 0.6) is 5.75 Å². The summed E-state index contributed by atoms with van der Waals surface area (Å²) in [5.41, 5.74) is 2.59. The summed E-state index contributed by atoms with van der Waals surface area (Å²) in [7, 11) is 0. The number of benzene rings is 4. The topological polar surface area (TPSA) is 56.2 Å². The predicted molar refractivity (Wildman–Crippen MR) is 144 cm³/mol. The Balaban J connectivity index is 1.31. The van der Waals surface area contributed by atoms with E-state index in [-0.39, 0.29) is 11.9 Å². The number of nitrogens with one attached hydrogen (secondary N) is 1. The average molecular weight is 528 g/mol. The van der Waals surface area contributed by atoms with Crippen molar-refractivity contribution in [3.63, 3.8) is 0 Å². The maximum absolute atomic E-state index is 12.8. The molecule has 0 aliphatic heterocycles. The Labute approximate surface area is 212 Å². The van der Waals surface area contributed by atoms with Crippen LogP contribution in [0.4, 0.5) is 0 Å². The third-order valence-electron chi connectivity index (χ3n) is 6.06. The molecule has 0 spiro atoms. The molecular formula is C29H26BrN3O2. The molecule has 0 bridgehead atoms. The van der Waals surface area contributed by atoms with Gasteiger partial charge in [0.25, 0.3) is 5.91 Å². The zero-order valence-electron chi connectivity index (χ0n) is 19.4. The maximum Gasteiger partial charge on any atom is 0.251 e. The first-order valence-electron chi connectivity index (χ1n) is 11.7. The molecule has 0 radical (unpaired) electrons. The summed E-state index contributed by atoms with van der Waals surface area (Å²) in [6, 6.07) is 29.5. The number of aryl methyl sites for hydroxylation is 1. The van der Waals surface area contributed by atoms with Crippen LogP contribution in [0.3, 0.4) is 0 Å². The Kier molecular flexibility index (Phi) is 6.82. The van der Waals surface area contributed by atoms with Gasteiger partial charge in [-0.1, -0.05) is 64.5 Å². The highest BCUT2D eigenvalue weighted by molar-refractivity contribution is 9.10. The highest BCUT2D eigenvalue weighted by atomic mass is 79.9. The van der Waals surface area contributed by atoms with E-state index in [9.17, 15) is 4.79 Å². The molecular weight excluding hydrogens is 502 g/mol. The molecule has 5 aromatic rings. The van der Waals surface area contributed by atoms with Crippen LogP contribution in [0.1, 0.15) is 35.6 Å². The summed E-state index contributed by atoms with van der Waals surface area (Å²) < 4.78 is 9.28. The Morgan fingerprint density at radius 1 is 0.971 bits per heavy atom. The fraction of sp³-hybridized carbons (Fsp3) is 0.172. The van der Waals surface area contributed by atoms with Crippen molar-refractivity contribution >= 4 is 43.6 Å². The van der Waals surface area contributed by atoms with Crippen molar-refractivity contribution in [3.8, 4) is 5.75 Å². The molecule has 1 atom stereocenters. The highest BCUT2D eigenvalue weighted by Gasteiger charge is 2.19. The molecule has 4 aromatic carbocycles. The van der Waals surface area contributed by atoms with Crippen LogP contribution >= 0.6 is 15.9 Å². The number of rotatable bonds is 8. The number of carbonyl (C=O) groups is 1. The SMILES string of the molecule is CC(NC(=O)c1ccc(Br)cc1)c1nc2ccccc2n1CCCOc1cccc2ccccc12. The number of para-hydroxylation sites is 2. The maximum atomic E-state index is 12.8. The van der Waals surface area contributed by atoms with Crippen LogP contribution in [-0.4, -0.2) is 22.1 Å². The van der Waals surface area contributed by atoms with Gasteiger partial charge in [0.05, 0.1) is 23.7 Å². The van der Waals surface area contributed by atoms with Crippen LogP contribution in [0, 0.1) is 0 Å². The van der Waals surface area contributed by atoms with Gasteiger partial charge in [-0.15, -0.1) is 0 Å². The number of hydrogen-bond acceptors (Lipinski definition) is 3. The average Bonchev–Trinajstić information content (AvgIpc) is 3.26. The number of aromatic nitrogens is 2. The minimum atomic E-state index is -0.252. The third kappa shape index (κ3) is 5.08. The summed E-state index contributed by atoms with van der Waals surface area (Å²) >= 11 is 3.41. The van der Waals surface area contributed by atoms with Gasteiger partial charge in [0.15, 0.2) is 0 Å². The first-order chi connectivity index (χ1) is 17.1. The summed E-state index contributed by atoms with van der Waals surface area (Å²) in [5.74, 6) is 1.61. The first-order valence-corrected chi connectivity index (χ1v) is 12.5. The lowest BCUT2D eigenvalue weighted by Crippen LogP contribution is -2.28. The lowest BCUT2D eigenvalue weighted by molar-refractivity contribution is 0.0937. The number of fused-ring (bicyclic) bond motifs is 2. The zero-order chi connectivity index (χ0) is 24.2. The van der Waals surface area contributed by atoms with Crippen molar-refractivity contribution in [1.29, 1.82) is 0 Å². The summed E-state index contributed by atoms with van der Waals surface area (Å²) in [6.07, 6.45) is 0.809. The predicted octanol–water partition coefficient (Wildman–Crippen LogP) is 6.91. The van der Waals surface area contributed by atoms with E-state index in [1.54, 1.807) is 12.1 Å². The molecule has 1 heterocycles.